The van der Waals surface area contributed by atoms with Gasteiger partial charge in [-0.25, -0.2) is 0 Å². The van der Waals surface area contributed by atoms with Gasteiger partial charge in [0.15, 0.2) is 6.29 Å². The van der Waals surface area contributed by atoms with Crippen molar-refractivity contribution in [3.63, 3.8) is 0 Å². The quantitative estimate of drug-likeness (QED) is 0.626. The van der Waals surface area contributed by atoms with Crippen molar-refractivity contribution in [3.05, 3.63) is 0 Å². The summed E-state index contributed by atoms with van der Waals surface area (Å²) >= 11 is 0. The van der Waals surface area contributed by atoms with Crippen LogP contribution in [0.5, 0.6) is 0 Å². The molecule has 0 aromatic carbocycles. The topological polar surface area (TPSA) is 56.8 Å². The highest BCUT2D eigenvalue weighted by atomic mass is 16.7. The van der Waals surface area contributed by atoms with Gasteiger partial charge in [0.2, 0.25) is 5.91 Å². The minimum Gasteiger partial charge on any atom is -0.381 e. The molecular weight excluding hydrogens is 186 g/mol. The summed E-state index contributed by atoms with van der Waals surface area (Å²) in [6.45, 7) is 1.58. The SMILES string of the molecule is COC(CNC(=O)C1CCOC1)OC. The minimum atomic E-state index is -0.374. The summed E-state index contributed by atoms with van der Waals surface area (Å²) in [7, 11) is 3.08. The first-order valence-corrected chi connectivity index (χ1v) is 4.69. The number of carbonyl (C=O) groups excluding carboxylic acids is 1. The van der Waals surface area contributed by atoms with Crippen molar-refractivity contribution in [1.29, 1.82) is 0 Å². The van der Waals surface area contributed by atoms with Crippen molar-refractivity contribution < 1.29 is 19.0 Å². The van der Waals surface area contributed by atoms with Crippen molar-refractivity contribution >= 4 is 5.91 Å². The fraction of sp³-hybridized carbons (Fsp3) is 0.889. The predicted molar refractivity (Wildman–Crippen MR) is 49.7 cm³/mol. The largest absolute Gasteiger partial charge is 0.381 e. The van der Waals surface area contributed by atoms with Crippen molar-refractivity contribution in [1.82, 2.24) is 5.32 Å². The fourth-order valence-electron chi connectivity index (χ4n) is 1.33. The molecule has 14 heavy (non-hydrogen) atoms. The van der Waals surface area contributed by atoms with E-state index in [0.29, 0.717) is 19.8 Å². The summed E-state index contributed by atoms with van der Waals surface area (Å²) in [5.74, 6) is 0.00552. The first-order valence-electron chi connectivity index (χ1n) is 4.69. The van der Waals surface area contributed by atoms with Crippen molar-refractivity contribution in [2.75, 3.05) is 34.0 Å². The van der Waals surface area contributed by atoms with Gasteiger partial charge in [0.1, 0.15) is 0 Å². The van der Waals surface area contributed by atoms with Gasteiger partial charge in [-0.2, -0.15) is 0 Å². The highest BCUT2D eigenvalue weighted by molar-refractivity contribution is 5.78. The van der Waals surface area contributed by atoms with Gasteiger partial charge in [-0.3, -0.25) is 4.79 Å². The second kappa shape index (κ2) is 5.95. The molecule has 5 nitrogen and oxygen atoms in total. The Bertz CT molecular complexity index is 176. The van der Waals surface area contributed by atoms with Crippen molar-refractivity contribution in [2.24, 2.45) is 5.92 Å². The zero-order valence-corrected chi connectivity index (χ0v) is 8.62. The standard InChI is InChI=1S/C9H17NO4/c1-12-8(13-2)5-10-9(11)7-3-4-14-6-7/h7-8H,3-6H2,1-2H3,(H,10,11). The average molecular weight is 203 g/mol. The molecular formula is C9H17NO4. The van der Waals surface area contributed by atoms with Crippen LogP contribution in [0.25, 0.3) is 0 Å². The van der Waals surface area contributed by atoms with Crippen LogP contribution < -0.4 is 5.32 Å². The molecule has 1 N–H and O–H groups in total. The van der Waals surface area contributed by atoms with E-state index in [4.69, 9.17) is 14.2 Å². The summed E-state index contributed by atoms with van der Waals surface area (Å²) < 4.78 is 15.0. The van der Waals surface area contributed by atoms with E-state index >= 15 is 0 Å². The second-order valence-corrected chi connectivity index (χ2v) is 3.21. The highest BCUT2D eigenvalue weighted by Crippen LogP contribution is 2.11. The van der Waals surface area contributed by atoms with Gasteiger partial charge in [-0.15, -0.1) is 0 Å². The molecule has 0 aromatic heterocycles. The van der Waals surface area contributed by atoms with Gasteiger partial charge in [0, 0.05) is 20.8 Å². The van der Waals surface area contributed by atoms with Crippen LogP contribution >= 0.6 is 0 Å². The highest BCUT2D eigenvalue weighted by Gasteiger charge is 2.23. The summed E-state index contributed by atoms with van der Waals surface area (Å²) in [5, 5.41) is 2.76. The van der Waals surface area contributed by atoms with Crippen LogP contribution in [0.3, 0.4) is 0 Å². The Morgan fingerprint density at radius 2 is 2.29 bits per heavy atom. The molecule has 0 spiro atoms. The van der Waals surface area contributed by atoms with E-state index in [9.17, 15) is 4.79 Å². The lowest BCUT2D eigenvalue weighted by atomic mass is 10.1. The van der Waals surface area contributed by atoms with Crippen LogP contribution in [0.4, 0.5) is 0 Å². The molecule has 0 aliphatic carbocycles. The van der Waals surface area contributed by atoms with E-state index < -0.39 is 0 Å². The lowest BCUT2D eigenvalue weighted by Crippen LogP contribution is -2.37. The summed E-state index contributed by atoms with van der Waals surface area (Å²) in [5.41, 5.74) is 0. The molecule has 1 heterocycles. The third kappa shape index (κ3) is 3.25. The van der Waals surface area contributed by atoms with Crippen LogP contribution in [0.2, 0.25) is 0 Å². The normalized spacial score (nSPS) is 21.5. The van der Waals surface area contributed by atoms with Gasteiger partial charge >= 0.3 is 0 Å². The van der Waals surface area contributed by atoms with Crippen LogP contribution in [0.15, 0.2) is 0 Å². The van der Waals surface area contributed by atoms with E-state index in [1.165, 1.54) is 0 Å². The molecule has 5 heteroatoms. The van der Waals surface area contributed by atoms with E-state index in [-0.39, 0.29) is 18.1 Å². The third-order valence-corrected chi connectivity index (χ3v) is 2.27. The van der Waals surface area contributed by atoms with Gasteiger partial charge < -0.3 is 19.5 Å². The van der Waals surface area contributed by atoms with E-state index in [1.54, 1.807) is 14.2 Å². The summed E-state index contributed by atoms with van der Waals surface area (Å²) in [6, 6.07) is 0. The van der Waals surface area contributed by atoms with Crippen LogP contribution in [-0.2, 0) is 19.0 Å². The monoisotopic (exact) mass is 203 g/mol. The Morgan fingerprint density at radius 3 is 2.79 bits per heavy atom. The number of hydrogen-bond acceptors (Lipinski definition) is 4. The molecule has 1 amide bonds. The Hall–Kier alpha value is -0.650. The first-order chi connectivity index (χ1) is 6.77. The fourth-order valence-corrected chi connectivity index (χ4v) is 1.33. The van der Waals surface area contributed by atoms with E-state index in [0.717, 1.165) is 6.42 Å². The molecule has 0 aromatic rings. The molecule has 1 aliphatic heterocycles. The lowest BCUT2D eigenvalue weighted by molar-refractivity contribution is -0.130. The summed E-state index contributed by atoms with van der Waals surface area (Å²) in [4.78, 5) is 11.5. The van der Waals surface area contributed by atoms with Gasteiger partial charge in [-0.1, -0.05) is 0 Å². The van der Waals surface area contributed by atoms with Crippen LogP contribution in [0.1, 0.15) is 6.42 Å². The maximum Gasteiger partial charge on any atom is 0.225 e. The second-order valence-electron chi connectivity index (χ2n) is 3.21. The van der Waals surface area contributed by atoms with Crippen molar-refractivity contribution in [2.45, 2.75) is 12.7 Å². The van der Waals surface area contributed by atoms with E-state index in [1.807, 2.05) is 0 Å². The summed E-state index contributed by atoms with van der Waals surface area (Å²) in [6.07, 6.45) is 0.428. The lowest BCUT2D eigenvalue weighted by Gasteiger charge is -2.15. The Morgan fingerprint density at radius 1 is 1.57 bits per heavy atom. The molecule has 0 saturated carbocycles. The molecule has 1 atom stereocenters. The predicted octanol–water partition coefficient (Wildman–Crippen LogP) is -0.242. The maximum atomic E-state index is 11.5. The Balaban J connectivity index is 2.19. The zero-order valence-electron chi connectivity index (χ0n) is 8.62. The van der Waals surface area contributed by atoms with Crippen LogP contribution in [-0.4, -0.2) is 46.2 Å². The molecule has 0 bridgehead atoms. The molecule has 1 unspecified atom stereocenters. The number of nitrogens with one attached hydrogen (secondary N) is 1. The molecule has 1 fully saturated rings. The molecule has 1 aliphatic rings. The van der Waals surface area contributed by atoms with E-state index in [2.05, 4.69) is 5.32 Å². The number of rotatable bonds is 5. The number of ether oxygens (including phenoxy) is 3. The number of carbonyl (C=O) groups is 1. The maximum absolute atomic E-state index is 11.5. The Labute approximate surface area is 83.7 Å². The average Bonchev–Trinajstić information content (AvgIpc) is 2.72. The minimum absolute atomic E-state index is 0.00985. The van der Waals surface area contributed by atoms with Crippen molar-refractivity contribution in [3.8, 4) is 0 Å². The number of hydrogen-bond donors (Lipinski definition) is 1. The van der Waals surface area contributed by atoms with Crippen LogP contribution in [0, 0.1) is 5.92 Å². The Kier molecular flexibility index (Phi) is 4.86. The molecule has 1 rings (SSSR count). The molecule has 1 saturated heterocycles. The third-order valence-electron chi connectivity index (χ3n) is 2.27. The van der Waals surface area contributed by atoms with Gasteiger partial charge in [-0.05, 0) is 6.42 Å². The molecule has 0 radical (unpaired) electrons. The smallest absolute Gasteiger partial charge is 0.225 e. The number of methoxy groups -OCH3 is 2. The molecule has 82 valence electrons. The van der Waals surface area contributed by atoms with Gasteiger partial charge in [0.25, 0.3) is 0 Å². The zero-order chi connectivity index (χ0) is 10.4. The first kappa shape index (κ1) is 11.4. The van der Waals surface area contributed by atoms with Gasteiger partial charge in [0.05, 0.1) is 19.1 Å². The number of amides is 1.